The summed E-state index contributed by atoms with van der Waals surface area (Å²) >= 11 is 0. The van der Waals surface area contributed by atoms with E-state index in [0.29, 0.717) is 6.07 Å². The topological polar surface area (TPSA) is 49.4 Å². The van der Waals surface area contributed by atoms with Crippen LogP contribution < -0.4 is 4.72 Å². The molecule has 0 atom stereocenters. The summed E-state index contributed by atoms with van der Waals surface area (Å²) in [5, 5.41) is 0. The third-order valence-corrected chi connectivity index (χ3v) is 3.41. The zero-order chi connectivity index (χ0) is 12.3. The Hall–Kier alpha value is -1.05. The third kappa shape index (κ3) is 3.22. The van der Waals surface area contributed by atoms with E-state index < -0.39 is 21.8 Å². The van der Waals surface area contributed by atoms with Crippen molar-refractivity contribution in [1.82, 2.24) is 9.03 Å². The van der Waals surface area contributed by atoms with E-state index in [1.165, 1.54) is 20.2 Å². The normalized spacial score (nSPS) is 12.1. The van der Waals surface area contributed by atoms with Crippen molar-refractivity contribution in [1.29, 1.82) is 0 Å². The van der Waals surface area contributed by atoms with Crippen LogP contribution in [0.3, 0.4) is 0 Å². The van der Waals surface area contributed by atoms with Crippen LogP contribution in [0.5, 0.6) is 0 Å². The molecule has 4 nitrogen and oxygen atoms in total. The Morgan fingerprint density at radius 2 is 1.94 bits per heavy atom. The first-order valence-corrected chi connectivity index (χ1v) is 5.88. The van der Waals surface area contributed by atoms with Crippen molar-refractivity contribution in [2.45, 2.75) is 6.54 Å². The van der Waals surface area contributed by atoms with Crippen molar-refractivity contribution >= 4 is 10.2 Å². The van der Waals surface area contributed by atoms with Crippen molar-refractivity contribution < 1.29 is 17.2 Å². The van der Waals surface area contributed by atoms with Crippen molar-refractivity contribution in [3.63, 3.8) is 0 Å². The molecule has 0 spiro atoms. The number of nitrogens with one attached hydrogen (secondary N) is 1. The Morgan fingerprint density at radius 3 is 2.44 bits per heavy atom. The minimum atomic E-state index is -3.60. The molecule has 1 aromatic carbocycles. The summed E-state index contributed by atoms with van der Waals surface area (Å²) in [5.74, 6) is -1.47. The quantitative estimate of drug-likeness (QED) is 0.861. The lowest BCUT2D eigenvalue weighted by Gasteiger charge is -2.12. The molecule has 0 saturated carbocycles. The smallest absolute Gasteiger partial charge is 0.207 e. The predicted octanol–water partition coefficient (Wildman–Crippen LogP) is 0.861. The average Bonchev–Trinajstić information content (AvgIpc) is 2.16. The van der Waals surface area contributed by atoms with Gasteiger partial charge < -0.3 is 0 Å². The standard InChI is InChI=1S/C9H12F2N2O2S/c1-13(2)16(14,15)12-6-7-3-4-8(10)5-9(7)11/h3-5,12H,6H2,1-2H3. The van der Waals surface area contributed by atoms with Gasteiger partial charge in [-0.1, -0.05) is 6.07 Å². The van der Waals surface area contributed by atoms with Crippen molar-refractivity contribution in [2.75, 3.05) is 14.1 Å². The molecule has 0 bridgehead atoms. The molecule has 16 heavy (non-hydrogen) atoms. The second kappa shape index (κ2) is 4.86. The van der Waals surface area contributed by atoms with E-state index in [1.54, 1.807) is 0 Å². The molecular formula is C9H12F2N2O2S. The fourth-order valence-corrected chi connectivity index (χ4v) is 1.56. The molecule has 0 radical (unpaired) electrons. The largest absolute Gasteiger partial charge is 0.279 e. The number of hydrogen-bond acceptors (Lipinski definition) is 2. The van der Waals surface area contributed by atoms with E-state index in [9.17, 15) is 17.2 Å². The van der Waals surface area contributed by atoms with Crippen molar-refractivity contribution in [2.24, 2.45) is 0 Å². The van der Waals surface area contributed by atoms with Gasteiger partial charge in [0.2, 0.25) is 0 Å². The Kier molecular flexibility index (Phi) is 3.95. The second-order valence-corrected chi connectivity index (χ2v) is 5.31. The molecule has 1 aromatic rings. The summed E-state index contributed by atoms with van der Waals surface area (Å²) in [4.78, 5) is 0. The van der Waals surface area contributed by atoms with Gasteiger partial charge in [-0.2, -0.15) is 17.4 Å². The van der Waals surface area contributed by atoms with Crippen LogP contribution in [0.4, 0.5) is 8.78 Å². The van der Waals surface area contributed by atoms with Crippen LogP contribution in [0.25, 0.3) is 0 Å². The molecule has 0 fully saturated rings. The van der Waals surface area contributed by atoms with Gasteiger partial charge in [-0.15, -0.1) is 0 Å². The van der Waals surface area contributed by atoms with Crippen LogP contribution in [0.15, 0.2) is 18.2 Å². The first-order valence-electron chi connectivity index (χ1n) is 4.44. The second-order valence-electron chi connectivity index (χ2n) is 3.34. The van der Waals surface area contributed by atoms with Gasteiger partial charge >= 0.3 is 0 Å². The molecule has 0 aliphatic rings. The molecule has 0 amide bonds. The number of halogens is 2. The summed E-state index contributed by atoms with van der Waals surface area (Å²) < 4.78 is 51.4. The predicted molar refractivity (Wildman–Crippen MR) is 55.8 cm³/mol. The number of benzene rings is 1. The SMILES string of the molecule is CN(C)S(=O)(=O)NCc1ccc(F)cc1F. The van der Waals surface area contributed by atoms with Gasteiger partial charge in [-0.3, -0.25) is 0 Å². The van der Waals surface area contributed by atoms with Gasteiger partial charge in [0.25, 0.3) is 10.2 Å². The lowest BCUT2D eigenvalue weighted by molar-refractivity contribution is 0.503. The van der Waals surface area contributed by atoms with Gasteiger partial charge in [0.05, 0.1) is 0 Å². The Labute approximate surface area is 93.1 Å². The lowest BCUT2D eigenvalue weighted by atomic mass is 10.2. The maximum atomic E-state index is 13.1. The third-order valence-electron chi connectivity index (χ3n) is 1.94. The van der Waals surface area contributed by atoms with Crippen LogP contribution in [-0.2, 0) is 16.8 Å². The zero-order valence-corrected chi connectivity index (χ0v) is 9.68. The minimum absolute atomic E-state index is 0.0897. The maximum absolute atomic E-state index is 13.1. The highest BCUT2D eigenvalue weighted by Gasteiger charge is 2.13. The molecule has 0 aromatic heterocycles. The van der Waals surface area contributed by atoms with Crippen LogP contribution in [0.2, 0.25) is 0 Å². The zero-order valence-electron chi connectivity index (χ0n) is 8.87. The van der Waals surface area contributed by atoms with Gasteiger partial charge in [-0.05, 0) is 6.07 Å². The number of hydrogen-bond donors (Lipinski definition) is 1. The van der Waals surface area contributed by atoms with Crippen LogP contribution >= 0.6 is 0 Å². The van der Waals surface area contributed by atoms with Gasteiger partial charge in [0.1, 0.15) is 11.6 Å². The molecule has 90 valence electrons. The molecule has 0 unspecified atom stereocenters. The summed E-state index contributed by atoms with van der Waals surface area (Å²) in [6, 6.07) is 2.98. The highest BCUT2D eigenvalue weighted by atomic mass is 32.2. The van der Waals surface area contributed by atoms with E-state index in [4.69, 9.17) is 0 Å². The molecule has 1 N–H and O–H groups in total. The van der Waals surface area contributed by atoms with E-state index in [1.807, 2.05) is 0 Å². The molecular weight excluding hydrogens is 238 g/mol. The summed E-state index contributed by atoms with van der Waals surface area (Å²) in [7, 11) is -0.899. The number of rotatable bonds is 4. The molecule has 0 aliphatic carbocycles. The Balaban J connectivity index is 2.76. The maximum Gasteiger partial charge on any atom is 0.279 e. The molecule has 0 saturated heterocycles. The van der Waals surface area contributed by atoms with Crippen LogP contribution in [0, 0.1) is 11.6 Å². The summed E-state index contributed by atoms with van der Waals surface area (Å²) in [5.41, 5.74) is 0.0897. The summed E-state index contributed by atoms with van der Waals surface area (Å²) in [6.07, 6.45) is 0. The highest BCUT2D eigenvalue weighted by Crippen LogP contribution is 2.09. The summed E-state index contributed by atoms with van der Waals surface area (Å²) in [6.45, 7) is -0.216. The molecule has 7 heteroatoms. The fourth-order valence-electron chi connectivity index (χ4n) is 0.963. The molecule has 0 heterocycles. The van der Waals surface area contributed by atoms with E-state index in [0.717, 1.165) is 10.4 Å². The van der Waals surface area contributed by atoms with E-state index >= 15 is 0 Å². The lowest BCUT2D eigenvalue weighted by Crippen LogP contribution is -2.35. The molecule has 1 rings (SSSR count). The van der Waals surface area contributed by atoms with E-state index in [2.05, 4.69) is 4.72 Å². The highest BCUT2D eigenvalue weighted by molar-refractivity contribution is 7.87. The van der Waals surface area contributed by atoms with Gasteiger partial charge in [0.15, 0.2) is 0 Å². The Bertz CT molecular complexity index is 474. The number of nitrogens with zero attached hydrogens (tertiary/aromatic N) is 1. The monoisotopic (exact) mass is 250 g/mol. The first kappa shape index (κ1) is 13.0. The first-order chi connectivity index (χ1) is 7.33. The van der Waals surface area contributed by atoms with Crippen molar-refractivity contribution in [3.05, 3.63) is 35.4 Å². The van der Waals surface area contributed by atoms with Gasteiger partial charge in [-0.25, -0.2) is 8.78 Å². The van der Waals surface area contributed by atoms with Crippen LogP contribution in [0.1, 0.15) is 5.56 Å². The Morgan fingerprint density at radius 1 is 1.31 bits per heavy atom. The fraction of sp³-hybridized carbons (Fsp3) is 0.333. The molecule has 0 aliphatic heterocycles. The van der Waals surface area contributed by atoms with Gasteiger partial charge in [0, 0.05) is 32.3 Å². The minimum Gasteiger partial charge on any atom is -0.207 e. The average molecular weight is 250 g/mol. The van der Waals surface area contributed by atoms with E-state index in [-0.39, 0.29) is 12.1 Å². The van der Waals surface area contributed by atoms with Crippen LogP contribution in [-0.4, -0.2) is 26.8 Å². The van der Waals surface area contributed by atoms with Crippen molar-refractivity contribution in [3.8, 4) is 0 Å².